The molecule has 2 N–H and O–H groups in total. The number of piperidine rings is 1. The molecule has 1 aromatic rings. The molecule has 7 heteroatoms. The van der Waals surface area contributed by atoms with Gasteiger partial charge in [0.1, 0.15) is 11.6 Å². The first-order valence-electron chi connectivity index (χ1n) is 6.72. The number of nitrogens with zero attached hydrogens (tertiary/aromatic N) is 3. The number of aromatic nitrogens is 3. The van der Waals surface area contributed by atoms with Crippen molar-refractivity contribution in [3.05, 3.63) is 11.6 Å². The Hall–Kier alpha value is -1.76. The lowest BCUT2D eigenvalue weighted by Crippen LogP contribution is -2.50. The molecule has 2 aliphatic rings. The van der Waals surface area contributed by atoms with Crippen LogP contribution in [0.3, 0.4) is 0 Å². The maximum atomic E-state index is 11.6. The molecule has 0 bridgehead atoms. The smallest absolute Gasteiger partial charge is 0.243 e. The number of carbonyl (C=O) groups excluding carboxylic acids is 2. The molecule has 19 heavy (non-hydrogen) atoms. The van der Waals surface area contributed by atoms with Crippen LogP contribution < -0.4 is 10.6 Å². The Kier molecular flexibility index (Phi) is 3.29. The van der Waals surface area contributed by atoms with Crippen molar-refractivity contribution in [1.29, 1.82) is 0 Å². The number of rotatable bonds is 3. The van der Waals surface area contributed by atoms with Gasteiger partial charge in [0.25, 0.3) is 0 Å². The molecule has 1 atom stereocenters. The van der Waals surface area contributed by atoms with Gasteiger partial charge in [0.2, 0.25) is 11.8 Å². The molecule has 0 radical (unpaired) electrons. The van der Waals surface area contributed by atoms with Crippen molar-refractivity contribution < 1.29 is 9.59 Å². The van der Waals surface area contributed by atoms with Crippen LogP contribution in [0, 0.1) is 0 Å². The van der Waals surface area contributed by atoms with Crippen LogP contribution in [-0.4, -0.2) is 32.6 Å². The molecule has 3 rings (SSSR count). The Morgan fingerprint density at radius 3 is 3.00 bits per heavy atom. The Morgan fingerprint density at radius 1 is 1.26 bits per heavy atom. The third-order valence-corrected chi connectivity index (χ3v) is 3.68. The van der Waals surface area contributed by atoms with E-state index in [4.69, 9.17) is 0 Å². The van der Waals surface area contributed by atoms with E-state index in [2.05, 4.69) is 25.4 Å². The number of amides is 2. The molecule has 1 saturated heterocycles. The van der Waals surface area contributed by atoms with Crippen molar-refractivity contribution in [2.45, 2.75) is 51.2 Å². The molecule has 2 amide bonds. The molecular weight excluding hydrogens is 246 g/mol. The van der Waals surface area contributed by atoms with Gasteiger partial charge in [-0.15, -0.1) is 10.2 Å². The van der Waals surface area contributed by atoms with Crippen molar-refractivity contribution in [1.82, 2.24) is 25.4 Å². The summed E-state index contributed by atoms with van der Waals surface area (Å²) in [6, 6.07) is -0.311. The molecule has 0 saturated carbocycles. The average molecular weight is 263 g/mol. The van der Waals surface area contributed by atoms with Gasteiger partial charge in [-0.2, -0.15) is 0 Å². The van der Waals surface area contributed by atoms with E-state index in [0.717, 1.165) is 31.0 Å². The van der Waals surface area contributed by atoms with E-state index in [1.54, 1.807) is 0 Å². The van der Waals surface area contributed by atoms with Gasteiger partial charge in [-0.05, 0) is 19.3 Å². The molecule has 1 aromatic heterocycles. The summed E-state index contributed by atoms with van der Waals surface area (Å²) < 4.78 is 2.13. The number of fused-ring (bicyclic) bond motifs is 1. The van der Waals surface area contributed by atoms with Crippen molar-refractivity contribution >= 4 is 11.8 Å². The largest absolute Gasteiger partial charge is 0.314 e. The quantitative estimate of drug-likeness (QED) is 0.718. The van der Waals surface area contributed by atoms with Crippen LogP contribution in [-0.2, 0) is 29.1 Å². The second kappa shape index (κ2) is 5.08. The highest BCUT2D eigenvalue weighted by atomic mass is 16.2. The number of carbonyl (C=O) groups is 2. The molecule has 2 aliphatic heterocycles. The second-order valence-corrected chi connectivity index (χ2v) is 5.03. The number of hydrogen-bond acceptors (Lipinski definition) is 5. The first-order chi connectivity index (χ1) is 9.24. The fourth-order valence-electron chi connectivity index (χ4n) is 2.60. The lowest BCUT2D eigenvalue weighted by atomic mass is 10.1. The van der Waals surface area contributed by atoms with Crippen molar-refractivity contribution in [3.63, 3.8) is 0 Å². The first kappa shape index (κ1) is 12.3. The minimum absolute atomic E-state index is 0.192. The maximum Gasteiger partial charge on any atom is 0.243 e. The lowest BCUT2D eigenvalue weighted by molar-refractivity contribution is -0.134. The monoisotopic (exact) mass is 263 g/mol. The van der Waals surface area contributed by atoms with Gasteiger partial charge in [-0.25, -0.2) is 0 Å². The predicted octanol–water partition coefficient (Wildman–Crippen LogP) is -0.491. The van der Waals surface area contributed by atoms with E-state index in [9.17, 15) is 9.59 Å². The second-order valence-electron chi connectivity index (χ2n) is 5.03. The lowest BCUT2D eigenvalue weighted by Gasteiger charge is -2.22. The van der Waals surface area contributed by atoms with Gasteiger partial charge in [-0.1, -0.05) is 0 Å². The van der Waals surface area contributed by atoms with E-state index in [-0.39, 0.29) is 17.9 Å². The van der Waals surface area contributed by atoms with E-state index in [0.29, 0.717) is 19.4 Å². The van der Waals surface area contributed by atoms with Gasteiger partial charge in [0.15, 0.2) is 0 Å². The normalized spacial score (nSPS) is 23.1. The summed E-state index contributed by atoms with van der Waals surface area (Å²) in [4.78, 5) is 22.7. The molecule has 1 fully saturated rings. The third kappa shape index (κ3) is 2.51. The highest BCUT2D eigenvalue weighted by Gasteiger charge is 2.26. The number of imide groups is 1. The summed E-state index contributed by atoms with van der Waals surface area (Å²) in [6.07, 6.45) is 4.23. The number of aryl methyl sites for hydroxylation is 1. The Balaban J connectivity index is 1.62. The zero-order valence-corrected chi connectivity index (χ0v) is 10.7. The molecular formula is C12H17N5O2. The summed E-state index contributed by atoms with van der Waals surface area (Å²) >= 11 is 0. The van der Waals surface area contributed by atoms with E-state index >= 15 is 0 Å². The van der Waals surface area contributed by atoms with Gasteiger partial charge < -0.3 is 4.57 Å². The summed E-state index contributed by atoms with van der Waals surface area (Å²) in [6.45, 7) is 1.47. The highest BCUT2D eigenvalue weighted by molar-refractivity contribution is 6.00. The van der Waals surface area contributed by atoms with Gasteiger partial charge in [-0.3, -0.25) is 20.2 Å². The standard InChI is InChI=1S/C12H17N5O2/c18-11-5-4-8(12(19)14-11)13-7-10-16-15-9-3-1-2-6-17(9)10/h8,13H,1-7H2,(H,14,18,19). The number of nitrogens with one attached hydrogen (secondary N) is 2. The number of hydrogen-bond donors (Lipinski definition) is 2. The third-order valence-electron chi connectivity index (χ3n) is 3.68. The molecule has 0 aromatic carbocycles. The van der Waals surface area contributed by atoms with Crippen LogP contribution in [0.25, 0.3) is 0 Å². The minimum atomic E-state index is -0.311. The summed E-state index contributed by atoms with van der Waals surface area (Å²) in [5.74, 6) is 1.48. The van der Waals surface area contributed by atoms with E-state index in [1.165, 1.54) is 6.42 Å². The summed E-state index contributed by atoms with van der Waals surface area (Å²) in [7, 11) is 0. The van der Waals surface area contributed by atoms with Crippen molar-refractivity contribution in [2.24, 2.45) is 0 Å². The van der Waals surface area contributed by atoms with Gasteiger partial charge in [0, 0.05) is 19.4 Å². The molecule has 1 unspecified atom stereocenters. The Labute approximate surface area is 110 Å². The fourth-order valence-corrected chi connectivity index (χ4v) is 2.60. The topological polar surface area (TPSA) is 88.9 Å². The Morgan fingerprint density at radius 2 is 2.16 bits per heavy atom. The molecule has 0 aliphatic carbocycles. The maximum absolute atomic E-state index is 11.6. The van der Waals surface area contributed by atoms with Crippen LogP contribution in [0.2, 0.25) is 0 Å². The SMILES string of the molecule is O=C1CCC(NCc2nnc3n2CCCC3)C(=O)N1. The van der Waals surface area contributed by atoms with Crippen LogP contribution in [0.5, 0.6) is 0 Å². The average Bonchev–Trinajstić information content (AvgIpc) is 2.81. The highest BCUT2D eigenvalue weighted by Crippen LogP contribution is 2.14. The van der Waals surface area contributed by atoms with Gasteiger partial charge >= 0.3 is 0 Å². The predicted molar refractivity (Wildman–Crippen MR) is 66.0 cm³/mol. The van der Waals surface area contributed by atoms with E-state index in [1.807, 2.05) is 0 Å². The first-order valence-corrected chi connectivity index (χ1v) is 6.72. The van der Waals surface area contributed by atoms with Crippen molar-refractivity contribution in [2.75, 3.05) is 0 Å². The summed E-state index contributed by atoms with van der Waals surface area (Å²) in [5, 5.41) is 13.8. The Bertz CT molecular complexity index is 510. The van der Waals surface area contributed by atoms with E-state index < -0.39 is 0 Å². The van der Waals surface area contributed by atoms with Crippen LogP contribution in [0.15, 0.2) is 0 Å². The van der Waals surface area contributed by atoms with Crippen LogP contribution in [0.4, 0.5) is 0 Å². The van der Waals surface area contributed by atoms with Gasteiger partial charge in [0.05, 0.1) is 12.6 Å². The molecule has 0 spiro atoms. The van der Waals surface area contributed by atoms with Crippen molar-refractivity contribution in [3.8, 4) is 0 Å². The zero-order valence-electron chi connectivity index (χ0n) is 10.7. The molecule has 7 nitrogen and oxygen atoms in total. The van der Waals surface area contributed by atoms with Crippen LogP contribution in [0.1, 0.15) is 37.3 Å². The molecule has 102 valence electrons. The molecule has 3 heterocycles. The zero-order chi connectivity index (χ0) is 13.2. The van der Waals surface area contributed by atoms with Crippen LogP contribution >= 0.6 is 0 Å². The minimum Gasteiger partial charge on any atom is -0.314 e. The fraction of sp³-hybridized carbons (Fsp3) is 0.667. The summed E-state index contributed by atoms with van der Waals surface area (Å²) in [5.41, 5.74) is 0.